The van der Waals surface area contributed by atoms with Gasteiger partial charge >= 0.3 is 0 Å². The molecule has 1 aliphatic rings. The van der Waals surface area contributed by atoms with Crippen LogP contribution in [0.2, 0.25) is 0 Å². The minimum absolute atomic E-state index is 0.170. The largest absolute Gasteiger partial charge is 0.260 e. The number of nitrogens with zero attached hydrogens (tertiary/aromatic N) is 2. The quantitative estimate of drug-likeness (QED) is 0.502. The summed E-state index contributed by atoms with van der Waals surface area (Å²) in [4.78, 5) is 0. The van der Waals surface area contributed by atoms with E-state index in [4.69, 9.17) is 0 Å². The zero-order valence-corrected chi connectivity index (χ0v) is 15.5. The lowest BCUT2D eigenvalue weighted by Crippen LogP contribution is -2.42. The second kappa shape index (κ2) is 7.02. The van der Waals surface area contributed by atoms with E-state index >= 15 is 0 Å². The number of hydrogen-bond donors (Lipinski definition) is 0. The number of fused-ring (bicyclic) bond motifs is 1. The van der Waals surface area contributed by atoms with E-state index in [0.717, 1.165) is 37.1 Å². The van der Waals surface area contributed by atoms with Crippen LogP contribution in [0.25, 0.3) is 0 Å². The highest BCUT2D eigenvalue weighted by Gasteiger charge is 2.38. The van der Waals surface area contributed by atoms with Crippen molar-refractivity contribution in [2.24, 2.45) is 5.10 Å². The summed E-state index contributed by atoms with van der Waals surface area (Å²) >= 11 is 0. The van der Waals surface area contributed by atoms with Crippen LogP contribution in [0.1, 0.15) is 50.3 Å². The fourth-order valence-corrected chi connectivity index (χ4v) is 3.84. The SMILES string of the molecule is C=C(C)N(/N=C(\C)c1cc(F)ccc1F)C1(C)CCCc2ccccc21. The standard InChI is InChI=1S/C22H24F2N2/c1-15(2)26(25-16(3)19-14-18(23)11-12-21(19)24)22(4)13-7-9-17-8-5-6-10-20(17)22/h5-6,8,10-12,14H,1,7,9,13H2,2-4H3/b25-16+. The lowest BCUT2D eigenvalue weighted by Gasteiger charge is -2.44. The topological polar surface area (TPSA) is 15.6 Å². The molecular weight excluding hydrogens is 330 g/mol. The van der Waals surface area contributed by atoms with Gasteiger partial charge in [-0.1, -0.05) is 30.8 Å². The summed E-state index contributed by atoms with van der Waals surface area (Å²) < 4.78 is 27.7. The third-order valence-electron chi connectivity index (χ3n) is 5.10. The summed E-state index contributed by atoms with van der Waals surface area (Å²) in [6, 6.07) is 11.8. The summed E-state index contributed by atoms with van der Waals surface area (Å²) in [6.07, 6.45) is 3.00. The molecule has 2 aromatic rings. The molecule has 2 nitrogen and oxygen atoms in total. The maximum atomic E-state index is 14.2. The molecule has 0 fully saturated rings. The summed E-state index contributed by atoms with van der Waals surface area (Å²) in [5, 5.41) is 6.55. The lowest BCUT2D eigenvalue weighted by atomic mass is 9.77. The van der Waals surface area contributed by atoms with Gasteiger partial charge in [-0.2, -0.15) is 5.10 Å². The molecule has 0 amide bonds. The van der Waals surface area contributed by atoms with E-state index in [2.05, 4.69) is 30.7 Å². The van der Waals surface area contributed by atoms with Crippen LogP contribution < -0.4 is 0 Å². The molecule has 0 aliphatic heterocycles. The molecule has 0 radical (unpaired) electrons. The predicted octanol–water partition coefficient (Wildman–Crippen LogP) is 5.78. The van der Waals surface area contributed by atoms with Crippen molar-refractivity contribution >= 4 is 5.71 Å². The zero-order chi connectivity index (χ0) is 18.9. The van der Waals surface area contributed by atoms with Gasteiger partial charge in [0.25, 0.3) is 0 Å². The Labute approximate surface area is 153 Å². The minimum Gasteiger partial charge on any atom is -0.260 e. The van der Waals surface area contributed by atoms with Crippen molar-refractivity contribution in [3.8, 4) is 0 Å². The van der Waals surface area contributed by atoms with Crippen molar-refractivity contribution in [3.05, 3.63) is 83.1 Å². The van der Waals surface area contributed by atoms with E-state index in [1.54, 1.807) is 6.92 Å². The Hall–Kier alpha value is -2.49. The van der Waals surface area contributed by atoms with E-state index < -0.39 is 11.6 Å². The van der Waals surface area contributed by atoms with Crippen LogP contribution in [0.5, 0.6) is 0 Å². The molecule has 1 atom stereocenters. The van der Waals surface area contributed by atoms with Crippen LogP contribution >= 0.6 is 0 Å². The number of hydrazone groups is 1. The minimum atomic E-state index is -0.483. The molecule has 1 aliphatic carbocycles. The smallest absolute Gasteiger partial charge is 0.132 e. The van der Waals surface area contributed by atoms with Crippen molar-refractivity contribution in [1.82, 2.24) is 5.01 Å². The monoisotopic (exact) mass is 354 g/mol. The molecule has 0 saturated carbocycles. The van der Waals surface area contributed by atoms with Gasteiger partial charge in [-0.25, -0.2) is 8.78 Å². The molecule has 0 heterocycles. The summed E-state index contributed by atoms with van der Waals surface area (Å²) in [7, 11) is 0. The molecule has 0 aromatic heterocycles. The van der Waals surface area contributed by atoms with Gasteiger partial charge in [0.05, 0.1) is 11.3 Å². The Bertz CT molecular complexity index is 872. The molecule has 3 rings (SSSR count). The van der Waals surface area contributed by atoms with Crippen LogP contribution in [-0.4, -0.2) is 10.7 Å². The summed E-state index contributed by atoms with van der Waals surface area (Å²) in [5.41, 5.74) is 3.51. The molecule has 0 saturated heterocycles. The van der Waals surface area contributed by atoms with Crippen molar-refractivity contribution < 1.29 is 8.78 Å². The van der Waals surface area contributed by atoms with E-state index in [0.29, 0.717) is 5.71 Å². The normalized spacial score (nSPS) is 19.8. The Morgan fingerprint density at radius 1 is 1.15 bits per heavy atom. The second-order valence-electron chi connectivity index (χ2n) is 7.14. The molecule has 0 bridgehead atoms. The third-order valence-corrected chi connectivity index (χ3v) is 5.10. The van der Waals surface area contributed by atoms with Crippen LogP contribution in [0, 0.1) is 11.6 Å². The number of aryl methyl sites for hydroxylation is 1. The molecule has 136 valence electrons. The van der Waals surface area contributed by atoms with E-state index in [9.17, 15) is 8.78 Å². The van der Waals surface area contributed by atoms with E-state index in [-0.39, 0.29) is 11.1 Å². The number of hydrogen-bond acceptors (Lipinski definition) is 2. The Balaban J connectivity index is 2.08. The van der Waals surface area contributed by atoms with Gasteiger partial charge in [0.2, 0.25) is 0 Å². The summed E-state index contributed by atoms with van der Waals surface area (Å²) in [6.45, 7) is 9.81. The predicted molar refractivity (Wildman–Crippen MR) is 102 cm³/mol. The maximum Gasteiger partial charge on any atom is 0.132 e. The average Bonchev–Trinajstić information content (AvgIpc) is 2.61. The fourth-order valence-electron chi connectivity index (χ4n) is 3.84. The van der Waals surface area contributed by atoms with Crippen LogP contribution in [0.3, 0.4) is 0 Å². The Kier molecular flexibility index (Phi) is 4.94. The molecule has 2 aromatic carbocycles. The van der Waals surface area contributed by atoms with Gasteiger partial charge in [-0.05, 0) is 69.4 Å². The lowest BCUT2D eigenvalue weighted by molar-refractivity contribution is 0.129. The molecule has 4 heteroatoms. The first-order valence-electron chi connectivity index (χ1n) is 8.87. The van der Waals surface area contributed by atoms with Crippen LogP contribution in [0.15, 0.2) is 59.8 Å². The number of rotatable bonds is 4. The van der Waals surface area contributed by atoms with Gasteiger partial charge in [0, 0.05) is 11.3 Å². The van der Waals surface area contributed by atoms with Gasteiger partial charge in [-0.15, -0.1) is 0 Å². The molecular formula is C22H24F2N2. The van der Waals surface area contributed by atoms with Crippen molar-refractivity contribution in [3.63, 3.8) is 0 Å². The molecule has 1 unspecified atom stereocenters. The van der Waals surface area contributed by atoms with Gasteiger partial charge < -0.3 is 0 Å². The Morgan fingerprint density at radius 2 is 1.88 bits per heavy atom. The first-order chi connectivity index (χ1) is 12.3. The van der Waals surface area contributed by atoms with Gasteiger partial charge in [-0.3, -0.25) is 5.01 Å². The van der Waals surface area contributed by atoms with Crippen LogP contribution in [0.4, 0.5) is 8.78 Å². The zero-order valence-electron chi connectivity index (χ0n) is 15.5. The third kappa shape index (κ3) is 3.28. The highest BCUT2D eigenvalue weighted by molar-refractivity contribution is 5.98. The fraction of sp³-hybridized carbons (Fsp3) is 0.318. The molecule has 0 N–H and O–H groups in total. The van der Waals surface area contributed by atoms with Crippen molar-refractivity contribution in [1.29, 1.82) is 0 Å². The van der Waals surface area contributed by atoms with Crippen molar-refractivity contribution in [2.75, 3.05) is 0 Å². The second-order valence-corrected chi connectivity index (χ2v) is 7.14. The maximum absolute atomic E-state index is 14.2. The van der Waals surface area contributed by atoms with Gasteiger partial charge in [0.15, 0.2) is 0 Å². The average molecular weight is 354 g/mol. The van der Waals surface area contributed by atoms with Gasteiger partial charge in [0.1, 0.15) is 11.6 Å². The summed E-state index contributed by atoms with van der Waals surface area (Å²) in [5.74, 6) is -0.962. The first kappa shape index (κ1) is 18.3. The Morgan fingerprint density at radius 3 is 2.62 bits per heavy atom. The van der Waals surface area contributed by atoms with E-state index in [1.165, 1.54) is 17.2 Å². The number of benzene rings is 2. The highest BCUT2D eigenvalue weighted by Crippen LogP contribution is 2.41. The van der Waals surface area contributed by atoms with E-state index in [1.807, 2.05) is 24.1 Å². The number of allylic oxidation sites excluding steroid dienone is 1. The highest BCUT2D eigenvalue weighted by atomic mass is 19.1. The van der Waals surface area contributed by atoms with Crippen molar-refractivity contribution in [2.45, 2.75) is 45.6 Å². The molecule has 0 spiro atoms. The number of halogens is 2. The molecule has 26 heavy (non-hydrogen) atoms. The first-order valence-corrected chi connectivity index (χ1v) is 8.87. The van der Waals surface area contributed by atoms with Crippen LogP contribution in [-0.2, 0) is 12.0 Å².